The van der Waals surface area contributed by atoms with Crippen molar-refractivity contribution in [1.82, 2.24) is 9.80 Å². The van der Waals surface area contributed by atoms with E-state index < -0.39 is 0 Å². The summed E-state index contributed by atoms with van der Waals surface area (Å²) in [5.74, 6) is 1.37. The molecule has 1 saturated carbocycles. The van der Waals surface area contributed by atoms with Crippen LogP contribution in [0.25, 0.3) is 0 Å². The Hall–Kier alpha value is -1.84. The van der Waals surface area contributed by atoms with Gasteiger partial charge in [0.15, 0.2) is 0 Å². The van der Waals surface area contributed by atoms with E-state index in [4.69, 9.17) is 0 Å². The number of benzene rings is 1. The lowest BCUT2D eigenvalue weighted by molar-refractivity contribution is -0.139. The minimum atomic E-state index is -0.0287. The lowest BCUT2D eigenvalue weighted by atomic mass is 10.1. The first-order chi connectivity index (χ1) is 10.9. The van der Waals surface area contributed by atoms with Crippen LogP contribution in [0.4, 0.5) is 0 Å². The second-order valence-corrected chi connectivity index (χ2v) is 7.51. The number of rotatable bonds is 5. The molecular formula is C19H26N2O2. The Morgan fingerprint density at radius 1 is 1.17 bits per heavy atom. The van der Waals surface area contributed by atoms with Crippen LogP contribution in [0.2, 0.25) is 0 Å². The molecule has 1 aromatic rings. The molecule has 2 fully saturated rings. The van der Waals surface area contributed by atoms with Gasteiger partial charge in [0.25, 0.3) is 0 Å². The standard InChI is InChI=1S/C19H26N2O2/c1-14(22)20(10-9-15-7-5-4-6-8-15)13-18(23)21-11-16-17(12-21)19(16,2)3/h4-8,16-17H,9-13H2,1-3H3/t16-,17-/m0/s1. The molecule has 0 radical (unpaired) electrons. The zero-order valence-corrected chi connectivity index (χ0v) is 14.3. The molecule has 23 heavy (non-hydrogen) atoms. The largest absolute Gasteiger partial charge is 0.341 e. The number of piperidine rings is 1. The lowest BCUT2D eigenvalue weighted by Crippen LogP contribution is -2.43. The van der Waals surface area contributed by atoms with E-state index in [0.717, 1.165) is 19.5 Å². The lowest BCUT2D eigenvalue weighted by Gasteiger charge is -2.26. The second kappa shape index (κ2) is 5.99. The molecule has 1 aromatic carbocycles. The summed E-state index contributed by atoms with van der Waals surface area (Å²) in [6.45, 7) is 8.64. The highest BCUT2D eigenvalue weighted by atomic mass is 16.2. The van der Waals surface area contributed by atoms with E-state index in [2.05, 4.69) is 26.0 Å². The fourth-order valence-corrected chi connectivity index (χ4v) is 3.86. The molecule has 2 atom stereocenters. The molecule has 0 aromatic heterocycles. The maximum absolute atomic E-state index is 12.5. The van der Waals surface area contributed by atoms with E-state index in [1.807, 2.05) is 23.1 Å². The van der Waals surface area contributed by atoms with E-state index in [9.17, 15) is 9.59 Å². The van der Waals surface area contributed by atoms with Gasteiger partial charge in [0.2, 0.25) is 11.8 Å². The average Bonchev–Trinajstić information content (AvgIpc) is 2.91. The Bertz CT molecular complexity index is 583. The van der Waals surface area contributed by atoms with Crippen molar-refractivity contribution in [2.24, 2.45) is 17.3 Å². The smallest absolute Gasteiger partial charge is 0.242 e. The molecule has 0 N–H and O–H groups in total. The van der Waals surface area contributed by atoms with Crippen LogP contribution in [0.1, 0.15) is 26.3 Å². The predicted molar refractivity (Wildman–Crippen MR) is 89.7 cm³/mol. The van der Waals surface area contributed by atoms with Gasteiger partial charge in [0, 0.05) is 26.6 Å². The third-order valence-corrected chi connectivity index (χ3v) is 5.76. The molecular weight excluding hydrogens is 288 g/mol. The summed E-state index contributed by atoms with van der Waals surface area (Å²) >= 11 is 0. The highest BCUT2D eigenvalue weighted by Gasteiger charge is 2.62. The summed E-state index contributed by atoms with van der Waals surface area (Å²) < 4.78 is 0. The Morgan fingerprint density at radius 3 is 2.35 bits per heavy atom. The summed E-state index contributed by atoms with van der Waals surface area (Å²) in [6.07, 6.45) is 0.784. The van der Waals surface area contributed by atoms with E-state index >= 15 is 0 Å². The second-order valence-electron chi connectivity index (χ2n) is 7.51. The van der Waals surface area contributed by atoms with Crippen molar-refractivity contribution in [2.45, 2.75) is 27.2 Å². The van der Waals surface area contributed by atoms with Crippen LogP contribution >= 0.6 is 0 Å². The number of nitrogens with zero attached hydrogens (tertiary/aromatic N) is 2. The number of hydrogen-bond donors (Lipinski definition) is 0. The van der Waals surface area contributed by atoms with Gasteiger partial charge in [-0.1, -0.05) is 44.2 Å². The number of carbonyl (C=O) groups excluding carboxylic acids is 2. The molecule has 0 spiro atoms. The van der Waals surface area contributed by atoms with Gasteiger partial charge in [0.05, 0.1) is 6.54 Å². The monoisotopic (exact) mass is 314 g/mol. The Balaban J connectivity index is 1.51. The van der Waals surface area contributed by atoms with Crippen molar-refractivity contribution in [1.29, 1.82) is 0 Å². The molecule has 1 aliphatic carbocycles. The first kappa shape index (κ1) is 16.0. The zero-order valence-electron chi connectivity index (χ0n) is 14.3. The maximum Gasteiger partial charge on any atom is 0.242 e. The first-order valence-corrected chi connectivity index (χ1v) is 8.47. The van der Waals surface area contributed by atoms with E-state index in [1.54, 1.807) is 11.8 Å². The minimum absolute atomic E-state index is 0.0287. The van der Waals surface area contributed by atoms with Gasteiger partial charge in [0.1, 0.15) is 0 Å². The molecule has 1 saturated heterocycles. The van der Waals surface area contributed by atoms with Crippen molar-refractivity contribution in [2.75, 3.05) is 26.2 Å². The third-order valence-electron chi connectivity index (χ3n) is 5.76. The van der Waals surface area contributed by atoms with Crippen LogP contribution < -0.4 is 0 Å². The van der Waals surface area contributed by atoms with Crippen molar-refractivity contribution in [3.05, 3.63) is 35.9 Å². The molecule has 4 heteroatoms. The van der Waals surface area contributed by atoms with Crippen molar-refractivity contribution < 1.29 is 9.59 Å². The number of amides is 2. The van der Waals surface area contributed by atoms with Crippen LogP contribution in [-0.2, 0) is 16.0 Å². The Labute approximate surface area is 138 Å². The van der Waals surface area contributed by atoms with Gasteiger partial charge in [-0.05, 0) is 29.2 Å². The molecule has 4 nitrogen and oxygen atoms in total. The molecule has 1 aliphatic heterocycles. The highest BCUT2D eigenvalue weighted by molar-refractivity contribution is 5.84. The number of likely N-dealkylation sites (tertiary alicyclic amines) is 1. The van der Waals surface area contributed by atoms with Crippen molar-refractivity contribution in [3.8, 4) is 0 Å². The van der Waals surface area contributed by atoms with Gasteiger partial charge >= 0.3 is 0 Å². The SMILES string of the molecule is CC(=O)N(CCc1ccccc1)CC(=O)N1C[C@H]2[C@H](C1)C2(C)C. The summed E-state index contributed by atoms with van der Waals surface area (Å²) in [5, 5.41) is 0. The molecule has 2 aliphatic rings. The first-order valence-electron chi connectivity index (χ1n) is 8.47. The molecule has 0 unspecified atom stereocenters. The molecule has 1 heterocycles. The number of fused-ring (bicyclic) bond motifs is 1. The number of hydrogen-bond acceptors (Lipinski definition) is 2. The van der Waals surface area contributed by atoms with Gasteiger partial charge in [-0.3, -0.25) is 9.59 Å². The van der Waals surface area contributed by atoms with Gasteiger partial charge in [-0.25, -0.2) is 0 Å². The molecule has 2 amide bonds. The fourth-order valence-electron chi connectivity index (χ4n) is 3.86. The van der Waals surface area contributed by atoms with Crippen LogP contribution in [-0.4, -0.2) is 47.8 Å². The van der Waals surface area contributed by atoms with Crippen LogP contribution in [0.3, 0.4) is 0 Å². The van der Waals surface area contributed by atoms with Gasteiger partial charge in [-0.15, -0.1) is 0 Å². The summed E-state index contributed by atoms with van der Waals surface area (Å²) in [5.41, 5.74) is 1.60. The van der Waals surface area contributed by atoms with Crippen LogP contribution in [0.5, 0.6) is 0 Å². The fraction of sp³-hybridized carbons (Fsp3) is 0.579. The maximum atomic E-state index is 12.5. The van der Waals surface area contributed by atoms with Crippen molar-refractivity contribution >= 4 is 11.8 Å². The number of carbonyl (C=O) groups is 2. The highest BCUT2D eigenvalue weighted by Crippen LogP contribution is 2.61. The zero-order chi connectivity index (χ0) is 16.6. The summed E-state index contributed by atoms with van der Waals surface area (Å²) in [4.78, 5) is 27.9. The van der Waals surface area contributed by atoms with Crippen LogP contribution in [0.15, 0.2) is 30.3 Å². The third kappa shape index (κ3) is 3.26. The molecule has 0 bridgehead atoms. The Kier molecular flexibility index (Phi) is 4.17. The van der Waals surface area contributed by atoms with E-state index in [1.165, 1.54) is 5.56 Å². The van der Waals surface area contributed by atoms with Crippen molar-refractivity contribution in [3.63, 3.8) is 0 Å². The molecule has 3 rings (SSSR count). The van der Waals surface area contributed by atoms with E-state index in [-0.39, 0.29) is 18.4 Å². The quantitative estimate of drug-likeness (QED) is 0.836. The van der Waals surface area contributed by atoms with E-state index in [0.29, 0.717) is 23.8 Å². The van der Waals surface area contributed by atoms with Gasteiger partial charge in [-0.2, -0.15) is 0 Å². The van der Waals surface area contributed by atoms with Gasteiger partial charge < -0.3 is 9.80 Å². The minimum Gasteiger partial charge on any atom is -0.341 e. The Morgan fingerprint density at radius 2 is 1.78 bits per heavy atom. The predicted octanol–water partition coefficient (Wildman–Crippen LogP) is 2.19. The summed E-state index contributed by atoms with van der Waals surface area (Å²) in [6, 6.07) is 10.1. The van der Waals surface area contributed by atoms with Crippen LogP contribution in [0, 0.1) is 17.3 Å². The molecule has 124 valence electrons. The average molecular weight is 314 g/mol. The summed E-state index contributed by atoms with van der Waals surface area (Å²) in [7, 11) is 0. The normalized spacial score (nSPS) is 24.2. The topological polar surface area (TPSA) is 40.6 Å².